The zero-order chi connectivity index (χ0) is 14.7. The van der Waals surface area contributed by atoms with Crippen LogP contribution in [0.5, 0.6) is 0 Å². The van der Waals surface area contributed by atoms with E-state index in [9.17, 15) is 8.78 Å². The van der Waals surface area contributed by atoms with Crippen LogP contribution < -0.4 is 5.32 Å². The van der Waals surface area contributed by atoms with E-state index in [4.69, 9.17) is 0 Å². The van der Waals surface area contributed by atoms with Crippen LogP contribution in [0, 0.1) is 11.6 Å². The van der Waals surface area contributed by atoms with Crippen molar-refractivity contribution in [2.75, 3.05) is 11.6 Å². The van der Waals surface area contributed by atoms with Crippen molar-refractivity contribution in [3.63, 3.8) is 0 Å². The maximum Gasteiger partial charge on any atom is 0.147 e. The van der Waals surface area contributed by atoms with Crippen molar-refractivity contribution >= 4 is 33.4 Å². The second kappa shape index (κ2) is 6.59. The first-order valence-corrected chi connectivity index (χ1v) is 8.08. The summed E-state index contributed by atoms with van der Waals surface area (Å²) in [5.41, 5.74) is 1.18. The molecule has 5 heteroatoms. The van der Waals surface area contributed by atoms with Gasteiger partial charge in [-0.25, -0.2) is 8.78 Å². The molecule has 0 bridgehead atoms. The topological polar surface area (TPSA) is 12.0 Å². The summed E-state index contributed by atoms with van der Waals surface area (Å²) in [6.45, 7) is 1.91. The molecule has 1 atom stereocenters. The Morgan fingerprint density at radius 2 is 1.75 bits per heavy atom. The average Bonchev–Trinajstić information content (AvgIpc) is 2.44. The van der Waals surface area contributed by atoms with Crippen molar-refractivity contribution in [1.29, 1.82) is 0 Å². The Balaban J connectivity index is 2.18. The molecule has 0 aliphatic rings. The van der Waals surface area contributed by atoms with E-state index in [1.807, 2.05) is 37.4 Å². The van der Waals surface area contributed by atoms with Gasteiger partial charge in [0, 0.05) is 17.0 Å². The Bertz CT molecular complexity index is 602. The standard InChI is InChI=1S/C15H14BrF2NS/c1-9(10-3-5-11(20-2)6-4-10)19-15-8-13(17)12(16)7-14(15)18/h3-9,19H,1-2H3. The molecule has 0 aliphatic heterocycles. The number of rotatable bonds is 4. The van der Waals surface area contributed by atoms with Gasteiger partial charge < -0.3 is 5.32 Å². The van der Waals surface area contributed by atoms with Crippen LogP contribution in [0.3, 0.4) is 0 Å². The lowest BCUT2D eigenvalue weighted by atomic mass is 10.1. The van der Waals surface area contributed by atoms with Crippen molar-refractivity contribution in [3.05, 3.63) is 58.1 Å². The number of thioether (sulfide) groups is 1. The zero-order valence-corrected chi connectivity index (χ0v) is 13.5. The predicted molar refractivity (Wildman–Crippen MR) is 84.3 cm³/mol. The minimum atomic E-state index is -0.487. The first-order valence-electron chi connectivity index (χ1n) is 6.06. The summed E-state index contributed by atoms with van der Waals surface area (Å²) in [6, 6.07) is 10.2. The normalized spacial score (nSPS) is 12.2. The highest BCUT2D eigenvalue weighted by Gasteiger charge is 2.12. The molecule has 2 aromatic carbocycles. The van der Waals surface area contributed by atoms with Crippen LogP contribution in [0.2, 0.25) is 0 Å². The summed E-state index contributed by atoms with van der Waals surface area (Å²) in [5.74, 6) is -0.968. The molecule has 20 heavy (non-hydrogen) atoms. The van der Waals surface area contributed by atoms with Gasteiger partial charge in [-0.15, -0.1) is 11.8 Å². The number of hydrogen-bond donors (Lipinski definition) is 1. The van der Waals surface area contributed by atoms with Gasteiger partial charge in [0.1, 0.15) is 11.6 Å². The van der Waals surface area contributed by atoms with Gasteiger partial charge in [0.2, 0.25) is 0 Å². The molecule has 106 valence electrons. The predicted octanol–water partition coefficient (Wildman–Crippen LogP) is 5.62. The Morgan fingerprint density at radius 3 is 2.35 bits per heavy atom. The Morgan fingerprint density at radius 1 is 1.10 bits per heavy atom. The molecule has 0 heterocycles. The van der Waals surface area contributed by atoms with E-state index >= 15 is 0 Å². The fraction of sp³-hybridized carbons (Fsp3) is 0.200. The smallest absolute Gasteiger partial charge is 0.147 e. The maximum absolute atomic E-state index is 13.8. The maximum atomic E-state index is 13.8. The van der Waals surface area contributed by atoms with Gasteiger partial charge in [-0.1, -0.05) is 12.1 Å². The number of benzene rings is 2. The largest absolute Gasteiger partial charge is 0.376 e. The zero-order valence-electron chi connectivity index (χ0n) is 11.1. The average molecular weight is 358 g/mol. The van der Waals surface area contributed by atoms with Crippen LogP contribution >= 0.6 is 27.7 Å². The van der Waals surface area contributed by atoms with Gasteiger partial charge in [0.25, 0.3) is 0 Å². The fourth-order valence-corrected chi connectivity index (χ4v) is 2.57. The second-order valence-electron chi connectivity index (χ2n) is 4.39. The Hall–Kier alpha value is -1.07. The van der Waals surface area contributed by atoms with Gasteiger partial charge in [0.05, 0.1) is 10.2 Å². The lowest BCUT2D eigenvalue weighted by molar-refractivity contribution is 0.595. The minimum Gasteiger partial charge on any atom is -0.376 e. The van der Waals surface area contributed by atoms with Crippen molar-refractivity contribution < 1.29 is 8.78 Å². The van der Waals surface area contributed by atoms with Crippen LogP contribution in [0.15, 0.2) is 45.8 Å². The van der Waals surface area contributed by atoms with E-state index in [1.165, 1.54) is 4.90 Å². The molecule has 0 aliphatic carbocycles. The van der Waals surface area contributed by atoms with Gasteiger partial charge in [-0.2, -0.15) is 0 Å². The molecule has 0 spiro atoms. The quantitative estimate of drug-likeness (QED) is 0.562. The van der Waals surface area contributed by atoms with E-state index in [-0.39, 0.29) is 16.2 Å². The number of halogens is 3. The number of anilines is 1. The third-order valence-corrected chi connectivity index (χ3v) is 4.35. The molecule has 0 saturated heterocycles. The van der Waals surface area contributed by atoms with Crippen LogP contribution in [0.25, 0.3) is 0 Å². The van der Waals surface area contributed by atoms with E-state index in [1.54, 1.807) is 11.8 Å². The summed E-state index contributed by atoms with van der Waals surface area (Å²) in [5, 5.41) is 2.99. The number of hydrogen-bond acceptors (Lipinski definition) is 2. The molecule has 0 amide bonds. The first kappa shape index (κ1) is 15.3. The van der Waals surface area contributed by atoms with Crippen molar-refractivity contribution in [2.45, 2.75) is 17.9 Å². The monoisotopic (exact) mass is 357 g/mol. The van der Waals surface area contributed by atoms with E-state index in [2.05, 4.69) is 21.2 Å². The SMILES string of the molecule is CSc1ccc(C(C)Nc2cc(F)c(Br)cc2F)cc1. The molecular weight excluding hydrogens is 344 g/mol. The molecule has 0 fully saturated rings. The van der Waals surface area contributed by atoms with Crippen LogP contribution in [0.1, 0.15) is 18.5 Å². The molecule has 0 saturated carbocycles. The molecule has 1 unspecified atom stereocenters. The van der Waals surface area contributed by atoms with Gasteiger partial charge in [-0.3, -0.25) is 0 Å². The van der Waals surface area contributed by atoms with Gasteiger partial charge >= 0.3 is 0 Å². The highest BCUT2D eigenvalue weighted by atomic mass is 79.9. The third-order valence-electron chi connectivity index (χ3n) is 3.00. The fourth-order valence-electron chi connectivity index (χ4n) is 1.84. The van der Waals surface area contributed by atoms with Gasteiger partial charge in [0.15, 0.2) is 0 Å². The molecule has 1 nitrogen and oxygen atoms in total. The van der Waals surface area contributed by atoms with E-state index < -0.39 is 11.6 Å². The van der Waals surface area contributed by atoms with E-state index in [0.29, 0.717) is 0 Å². The Kier molecular flexibility index (Phi) is 5.05. The summed E-state index contributed by atoms with van der Waals surface area (Å²) in [7, 11) is 0. The highest BCUT2D eigenvalue weighted by molar-refractivity contribution is 9.10. The molecule has 2 rings (SSSR count). The van der Waals surface area contributed by atoms with E-state index in [0.717, 1.165) is 17.7 Å². The van der Waals surface area contributed by atoms with Crippen LogP contribution in [-0.4, -0.2) is 6.26 Å². The second-order valence-corrected chi connectivity index (χ2v) is 6.12. The van der Waals surface area contributed by atoms with Crippen LogP contribution in [-0.2, 0) is 0 Å². The van der Waals surface area contributed by atoms with Crippen molar-refractivity contribution in [3.8, 4) is 0 Å². The van der Waals surface area contributed by atoms with Gasteiger partial charge in [-0.05, 0) is 52.9 Å². The summed E-state index contributed by atoms with van der Waals surface area (Å²) >= 11 is 4.63. The number of nitrogens with one attached hydrogen (secondary N) is 1. The molecular formula is C15H14BrF2NS. The molecule has 0 aromatic heterocycles. The lowest BCUT2D eigenvalue weighted by Gasteiger charge is -2.17. The molecule has 0 radical (unpaired) electrons. The highest BCUT2D eigenvalue weighted by Crippen LogP contribution is 2.27. The lowest BCUT2D eigenvalue weighted by Crippen LogP contribution is -2.08. The molecule has 1 N–H and O–H groups in total. The third kappa shape index (κ3) is 3.52. The Labute approximate surface area is 129 Å². The van der Waals surface area contributed by atoms with Crippen molar-refractivity contribution in [2.24, 2.45) is 0 Å². The molecule has 2 aromatic rings. The van der Waals surface area contributed by atoms with Crippen LogP contribution in [0.4, 0.5) is 14.5 Å². The van der Waals surface area contributed by atoms with Crippen molar-refractivity contribution in [1.82, 2.24) is 0 Å². The first-order chi connectivity index (χ1) is 9.51. The summed E-state index contributed by atoms with van der Waals surface area (Å²) < 4.78 is 27.3. The minimum absolute atomic E-state index is 0.110. The summed E-state index contributed by atoms with van der Waals surface area (Å²) in [4.78, 5) is 1.17. The summed E-state index contributed by atoms with van der Waals surface area (Å²) in [6.07, 6.45) is 2.01.